The highest BCUT2D eigenvalue weighted by Crippen LogP contribution is 2.14. The second kappa shape index (κ2) is 8.85. The van der Waals surface area contributed by atoms with Gasteiger partial charge in [-0.1, -0.05) is 41.9 Å². The van der Waals surface area contributed by atoms with Gasteiger partial charge in [0, 0.05) is 22.8 Å². The normalized spacial score (nSPS) is 11.8. The molecule has 1 heterocycles. The Bertz CT molecular complexity index is 1010. The van der Waals surface area contributed by atoms with Crippen LogP contribution in [0, 0.1) is 6.92 Å². The van der Waals surface area contributed by atoms with E-state index < -0.39 is 11.3 Å². The highest BCUT2D eigenvalue weighted by molar-refractivity contribution is 6.30. The minimum absolute atomic E-state index is 0.0841. The third-order valence-corrected chi connectivity index (χ3v) is 4.73. The van der Waals surface area contributed by atoms with Crippen LogP contribution in [-0.2, 0) is 6.42 Å². The van der Waals surface area contributed by atoms with Crippen molar-refractivity contribution in [2.24, 2.45) is 0 Å². The highest BCUT2D eigenvalue weighted by atomic mass is 35.5. The molecular weight excluding hydrogens is 374 g/mol. The largest absolute Gasteiger partial charge is 0.348 e. The van der Waals surface area contributed by atoms with Crippen LogP contribution < -0.4 is 10.7 Å². The van der Waals surface area contributed by atoms with Crippen LogP contribution in [0.15, 0.2) is 65.5 Å². The van der Waals surface area contributed by atoms with Gasteiger partial charge in [-0.05, 0) is 56.5 Å². The van der Waals surface area contributed by atoms with Gasteiger partial charge in [-0.25, -0.2) is 4.68 Å². The Balaban J connectivity index is 1.74. The van der Waals surface area contributed by atoms with Crippen LogP contribution in [0.1, 0.15) is 35.1 Å². The third kappa shape index (κ3) is 4.87. The summed E-state index contributed by atoms with van der Waals surface area (Å²) < 4.78 is 1.57. The molecule has 28 heavy (non-hydrogen) atoms. The fourth-order valence-electron chi connectivity index (χ4n) is 2.94. The fourth-order valence-corrected chi connectivity index (χ4v) is 3.07. The number of rotatable bonds is 6. The lowest BCUT2D eigenvalue weighted by Gasteiger charge is -2.15. The number of benzene rings is 2. The monoisotopic (exact) mass is 395 g/mol. The van der Waals surface area contributed by atoms with Crippen LogP contribution in [0.3, 0.4) is 0 Å². The van der Waals surface area contributed by atoms with E-state index in [-0.39, 0.29) is 11.7 Å². The number of nitrogens with one attached hydrogen (secondary N) is 1. The number of halogens is 1. The van der Waals surface area contributed by atoms with E-state index in [1.807, 2.05) is 25.1 Å². The Morgan fingerprint density at radius 2 is 1.82 bits per heavy atom. The lowest BCUT2D eigenvalue weighted by Crippen LogP contribution is -2.37. The molecule has 1 atom stereocenters. The summed E-state index contributed by atoms with van der Waals surface area (Å²) >= 11 is 5.93. The summed E-state index contributed by atoms with van der Waals surface area (Å²) in [5.74, 6) is -0.465. The molecule has 0 aliphatic rings. The molecule has 144 valence electrons. The maximum Gasteiger partial charge on any atom is 0.276 e. The molecule has 0 bridgehead atoms. The minimum Gasteiger partial charge on any atom is -0.348 e. The minimum atomic E-state index is -0.465. The summed E-state index contributed by atoms with van der Waals surface area (Å²) in [7, 11) is 0. The number of hydrogen-bond acceptors (Lipinski definition) is 3. The number of carbonyl (C=O) groups excluding carboxylic acids is 1. The molecule has 1 N–H and O–H groups in total. The highest BCUT2D eigenvalue weighted by Gasteiger charge is 2.17. The van der Waals surface area contributed by atoms with Crippen LogP contribution in [0.25, 0.3) is 5.69 Å². The van der Waals surface area contributed by atoms with Gasteiger partial charge in [-0.2, -0.15) is 5.10 Å². The lowest BCUT2D eigenvalue weighted by atomic mass is 10.1. The third-order valence-electron chi connectivity index (χ3n) is 4.48. The Labute approximate surface area is 169 Å². The van der Waals surface area contributed by atoms with E-state index in [0.717, 1.165) is 18.5 Å². The molecular formula is C22H22ClN3O2. The van der Waals surface area contributed by atoms with Gasteiger partial charge in [0.15, 0.2) is 5.69 Å². The quantitative estimate of drug-likeness (QED) is 0.687. The average molecular weight is 396 g/mol. The molecule has 6 heteroatoms. The summed E-state index contributed by atoms with van der Waals surface area (Å²) in [6.45, 7) is 3.69. The molecule has 3 aromatic rings. The first-order chi connectivity index (χ1) is 13.4. The molecule has 5 nitrogen and oxygen atoms in total. The van der Waals surface area contributed by atoms with Crippen molar-refractivity contribution in [3.8, 4) is 5.69 Å². The number of aromatic nitrogens is 2. The van der Waals surface area contributed by atoms with Gasteiger partial charge in [-0.3, -0.25) is 9.59 Å². The van der Waals surface area contributed by atoms with Crippen LogP contribution in [0.5, 0.6) is 0 Å². The molecule has 0 aliphatic heterocycles. The Morgan fingerprint density at radius 1 is 1.14 bits per heavy atom. The van der Waals surface area contributed by atoms with Crippen LogP contribution in [0.2, 0.25) is 5.02 Å². The standard InChI is InChI=1S/C22H22ClN3O2/c1-15(8-9-17-6-4-3-5-7-17)24-22(28)21-20(27)14-16(2)26(25-21)19-12-10-18(23)11-13-19/h3-7,10-15H,8-9H2,1-2H3,(H,24,28). The average Bonchev–Trinajstić information content (AvgIpc) is 2.68. The molecule has 1 amide bonds. The van der Waals surface area contributed by atoms with E-state index in [0.29, 0.717) is 10.7 Å². The van der Waals surface area contributed by atoms with Crippen molar-refractivity contribution in [2.75, 3.05) is 0 Å². The van der Waals surface area contributed by atoms with Crippen molar-refractivity contribution in [3.05, 3.63) is 92.9 Å². The van der Waals surface area contributed by atoms with E-state index in [9.17, 15) is 9.59 Å². The molecule has 0 saturated heterocycles. The molecule has 1 aromatic heterocycles. The lowest BCUT2D eigenvalue weighted by molar-refractivity contribution is 0.0930. The molecule has 2 aromatic carbocycles. The van der Waals surface area contributed by atoms with Crippen molar-refractivity contribution in [1.29, 1.82) is 0 Å². The number of carbonyl (C=O) groups is 1. The molecule has 0 saturated carbocycles. The predicted octanol–water partition coefficient (Wildman–Crippen LogP) is 3.95. The zero-order valence-corrected chi connectivity index (χ0v) is 16.6. The molecule has 0 aliphatic carbocycles. The molecule has 3 rings (SSSR count). The van der Waals surface area contributed by atoms with E-state index in [2.05, 4.69) is 22.5 Å². The number of hydrogen-bond donors (Lipinski definition) is 1. The second-order valence-corrected chi connectivity index (χ2v) is 7.22. The van der Waals surface area contributed by atoms with E-state index in [1.54, 1.807) is 35.9 Å². The van der Waals surface area contributed by atoms with Crippen molar-refractivity contribution in [1.82, 2.24) is 15.1 Å². The van der Waals surface area contributed by atoms with Crippen molar-refractivity contribution in [3.63, 3.8) is 0 Å². The van der Waals surface area contributed by atoms with Gasteiger partial charge >= 0.3 is 0 Å². The van der Waals surface area contributed by atoms with Crippen LogP contribution in [0.4, 0.5) is 0 Å². The van der Waals surface area contributed by atoms with Crippen molar-refractivity contribution >= 4 is 17.5 Å². The van der Waals surface area contributed by atoms with Gasteiger partial charge in [0.1, 0.15) is 0 Å². The fraction of sp³-hybridized carbons (Fsp3) is 0.227. The zero-order chi connectivity index (χ0) is 20.1. The summed E-state index contributed by atoms with van der Waals surface area (Å²) in [5, 5.41) is 7.77. The molecule has 1 unspecified atom stereocenters. The molecule has 0 spiro atoms. The second-order valence-electron chi connectivity index (χ2n) is 6.79. The summed E-state index contributed by atoms with van der Waals surface area (Å²) in [6, 6.07) is 18.5. The topological polar surface area (TPSA) is 64.0 Å². The van der Waals surface area contributed by atoms with Gasteiger partial charge in [0.05, 0.1) is 5.69 Å². The van der Waals surface area contributed by atoms with Crippen molar-refractivity contribution < 1.29 is 4.79 Å². The van der Waals surface area contributed by atoms with Gasteiger partial charge < -0.3 is 5.32 Å². The first-order valence-electron chi connectivity index (χ1n) is 9.16. The first kappa shape index (κ1) is 19.8. The maximum atomic E-state index is 12.6. The predicted molar refractivity (Wildman–Crippen MR) is 111 cm³/mol. The Morgan fingerprint density at radius 3 is 2.50 bits per heavy atom. The number of nitrogens with zero attached hydrogens (tertiary/aromatic N) is 2. The van der Waals surface area contributed by atoms with E-state index >= 15 is 0 Å². The number of amides is 1. The first-order valence-corrected chi connectivity index (χ1v) is 9.53. The van der Waals surface area contributed by atoms with Gasteiger partial charge in [0.25, 0.3) is 5.91 Å². The van der Waals surface area contributed by atoms with Gasteiger partial charge in [0.2, 0.25) is 5.43 Å². The van der Waals surface area contributed by atoms with E-state index in [4.69, 9.17) is 11.6 Å². The molecule has 0 fully saturated rings. The Kier molecular flexibility index (Phi) is 6.26. The summed E-state index contributed by atoms with van der Waals surface area (Å²) in [6.07, 6.45) is 1.62. The maximum absolute atomic E-state index is 12.6. The summed E-state index contributed by atoms with van der Waals surface area (Å²) in [5.41, 5.74) is 2.07. The van der Waals surface area contributed by atoms with Crippen molar-refractivity contribution in [2.45, 2.75) is 32.7 Å². The zero-order valence-electron chi connectivity index (χ0n) is 15.9. The van der Waals surface area contributed by atoms with E-state index in [1.165, 1.54) is 11.6 Å². The Hall–Kier alpha value is -2.92. The number of aryl methyl sites for hydroxylation is 2. The summed E-state index contributed by atoms with van der Waals surface area (Å²) in [4.78, 5) is 25.0. The smallest absolute Gasteiger partial charge is 0.276 e. The molecule has 0 radical (unpaired) electrons. The SMILES string of the molecule is Cc1cc(=O)c(C(=O)NC(C)CCc2ccccc2)nn1-c1ccc(Cl)cc1. The van der Waals surface area contributed by atoms with Crippen LogP contribution >= 0.6 is 11.6 Å². The van der Waals surface area contributed by atoms with Gasteiger partial charge in [-0.15, -0.1) is 0 Å². The van der Waals surface area contributed by atoms with Crippen LogP contribution in [-0.4, -0.2) is 21.7 Å².